The van der Waals surface area contributed by atoms with Crippen molar-refractivity contribution in [3.8, 4) is 0 Å². The van der Waals surface area contributed by atoms with Crippen molar-refractivity contribution in [2.45, 2.75) is 230 Å². The molecule has 8 atom stereocenters. The topological polar surface area (TPSA) is 210 Å². The molecule has 0 amide bonds. The van der Waals surface area contributed by atoms with Crippen LogP contribution in [0.4, 0.5) is 0 Å². The molecule has 0 radical (unpaired) electrons. The van der Waals surface area contributed by atoms with Crippen molar-refractivity contribution in [3.63, 3.8) is 0 Å². The van der Waals surface area contributed by atoms with Crippen LogP contribution in [0.3, 0.4) is 0 Å². The van der Waals surface area contributed by atoms with E-state index in [2.05, 4.69) is 38.2 Å². The van der Waals surface area contributed by atoms with E-state index in [0.717, 1.165) is 44.9 Å². The molecule has 0 heterocycles. The van der Waals surface area contributed by atoms with Crippen LogP contribution in [0.25, 0.3) is 0 Å². The van der Waals surface area contributed by atoms with Crippen molar-refractivity contribution in [1.29, 1.82) is 0 Å². The van der Waals surface area contributed by atoms with Gasteiger partial charge in [0.1, 0.15) is 43.2 Å². The number of allylic oxidation sites excluding steroid dienone is 6. The maximum Gasteiger partial charge on any atom is 0.472 e. The van der Waals surface area contributed by atoms with Gasteiger partial charge in [-0.15, -0.1) is 0 Å². The monoisotopic (exact) mass is 875 g/mol. The van der Waals surface area contributed by atoms with Crippen LogP contribution in [0.2, 0.25) is 0 Å². The zero-order valence-electron chi connectivity index (χ0n) is 37.0. The highest BCUT2D eigenvalue weighted by atomic mass is 31.2. The van der Waals surface area contributed by atoms with Gasteiger partial charge in [-0.05, 0) is 44.9 Å². The normalized spacial score (nSPS) is 22.5. The Balaban J connectivity index is 2.49. The van der Waals surface area contributed by atoms with Crippen LogP contribution in [-0.4, -0.2) is 98.3 Å². The lowest BCUT2D eigenvalue weighted by Crippen LogP contribution is -2.64. The van der Waals surface area contributed by atoms with Crippen LogP contribution < -0.4 is 0 Å². The van der Waals surface area contributed by atoms with Gasteiger partial charge in [-0.25, -0.2) is 4.57 Å². The number of rotatable bonds is 38. The Labute approximate surface area is 361 Å². The summed E-state index contributed by atoms with van der Waals surface area (Å²) >= 11 is 0. The first-order valence-corrected chi connectivity index (χ1v) is 24.8. The maximum atomic E-state index is 12.8. The van der Waals surface area contributed by atoms with Crippen LogP contribution in [-0.2, 0) is 32.7 Å². The zero-order valence-corrected chi connectivity index (χ0v) is 37.9. The molecule has 1 rings (SSSR count). The van der Waals surface area contributed by atoms with Crippen LogP contribution in [0, 0.1) is 0 Å². The molecule has 14 heteroatoms. The summed E-state index contributed by atoms with van der Waals surface area (Å²) in [4.78, 5) is 35.7. The second kappa shape index (κ2) is 36.5. The summed E-state index contributed by atoms with van der Waals surface area (Å²) in [7, 11) is -5.13. The van der Waals surface area contributed by atoms with Crippen molar-refractivity contribution < 1.29 is 63.1 Å². The number of phosphoric acid groups is 1. The van der Waals surface area contributed by atoms with E-state index in [9.17, 15) is 44.6 Å². The SMILES string of the molecule is CCCCCCCC/C=C/C/C=C/C/C=C/CCCC(=O)OC[C@@H](COP(=O)(O)OC1C(O)C(O)C(O)[C@H](O)C1O)OC(=O)CCCCCCCCCCCCCCCC. The first kappa shape index (κ1) is 56.1. The largest absolute Gasteiger partial charge is 0.472 e. The van der Waals surface area contributed by atoms with Crippen molar-refractivity contribution in [1.82, 2.24) is 0 Å². The second-order valence-electron chi connectivity index (χ2n) is 16.3. The molecular formula is C46H83O13P. The van der Waals surface area contributed by atoms with E-state index >= 15 is 0 Å². The molecule has 1 fully saturated rings. The van der Waals surface area contributed by atoms with Gasteiger partial charge >= 0.3 is 19.8 Å². The lowest BCUT2D eigenvalue weighted by Gasteiger charge is -2.41. The average molecular weight is 875 g/mol. The molecule has 0 aromatic rings. The van der Waals surface area contributed by atoms with Crippen LogP contribution in [0.15, 0.2) is 36.5 Å². The number of hydrogen-bond donors (Lipinski definition) is 6. The number of esters is 2. The van der Waals surface area contributed by atoms with Gasteiger partial charge in [0.25, 0.3) is 0 Å². The third-order valence-electron chi connectivity index (χ3n) is 10.7. The molecule has 60 heavy (non-hydrogen) atoms. The molecule has 0 aromatic carbocycles. The molecule has 0 spiro atoms. The summed E-state index contributed by atoms with van der Waals surface area (Å²) in [6.45, 7) is 3.25. The number of aliphatic hydroxyl groups excluding tert-OH is 5. The molecule has 1 saturated carbocycles. The molecule has 0 aliphatic heterocycles. The van der Waals surface area contributed by atoms with Gasteiger partial charge in [0.2, 0.25) is 0 Å². The van der Waals surface area contributed by atoms with Gasteiger partial charge in [0.15, 0.2) is 6.10 Å². The van der Waals surface area contributed by atoms with Crippen LogP contribution in [0.1, 0.15) is 187 Å². The van der Waals surface area contributed by atoms with E-state index in [1.807, 2.05) is 12.2 Å². The first-order chi connectivity index (χ1) is 28.9. The summed E-state index contributed by atoms with van der Waals surface area (Å²) in [6.07, 6.45) is 27.8. The quantitative estimate of drug-likeness (QED) is 0.0148. The number of hydrogen-bond acceptors (Lipinski definition) is 12. The molecule has 0 saturated heterocycles. The highest BCUT2D eigenvalue weighted by molar-refractivity contribution is 7.47. The number of carbonyl (C=O) groups excluding carboxylic acids is 2. The highest BCUT2D eigenvalue weighted by Crippen LogP contribution is 2.47. The van der Waals surface area contributed by atoms with Gasteiger partial charge < -0.3 is 39.9 Å². The Morgan fingerprint density at radius 3 is 1.42 bits per heavy atom. The summed E-state index contributed by atoms with van der Waals surface area (Å²) in [5.74, 6) is -1.16. The minimum Gasteiger partial charge on any atom is -0.462 e. The summed E-state index contributed by atoms with van der Waals surface area (Å²) < 4.78 is 33.5. The first-order valence-electron chi connectivity index (χ1n) is 23.3. The molecule has 0 bridgehead atoms. The fraction of sp³-hybridized carbons (Fsp3) is 0.826. The number of carbonyl (C=O) groups is 2. The van der Waals surface area contributed by atoms with Crippen LogP contribution >= 0.6 is 7.82 Å². The van der Waals surface area contributed by atoms with Gasteiger partial charge in [-0.2, -0.15) is 0 Å². The Hall–Kier alpha value is -1.93. The lowest BCUT2D eigenvalue weighted by atomic mass is 9.85. The lowest BCUT2D eigenvalue weighted by molar-refractivity contribution is -0.220. The summed E-state index contributed by atoms with van der Waals surface area (Å²) in [5, 5.41) is 50.1. The molecule has 6 N–H and O–H groups in total. The van der Waals surface area contributed by atoms with Crippen molar-refractivity contribution in [2.75, 3.05) is 13.2 Å². The van der Waals surface area contributed by atoms with Gasteiger partial charge in [0.05, 0.1) is 6.61 Å². The Morgan fingerprint density at radius 1 is 0.517 bits per heavy atom. The standard InChI is InChI=1S/C46H83O13P/c1-3-5-7-9-11-13-15-17-19-20-21-23-24-26-28-30-32-34-39(47)56-36-38(37-57-60(54,55)59-46-44(52)42(50)41(49)43(51)45(46)53)58-40(48)35-33-31-29-27-25-22-18-16-14-12-10-8-6-4-2/h17,19,21,23,26,28,38,41-46,49-53H,3-16,18,20,22,24-25,27,29-37H2,1-2H3,(H,54,55)/b19-17+,23-21+,28-26+/t38-,41?,42-,43?,44?,45?,46?/m0/s1. The summed E-state index contributed by atoms with van der Waals surface area (Å²) in [6, 6.07) is 0. The fourth-order valence-corrected chi connectivity index (χ4v) is 7.92. The molecule has 13 nitrogen and oxygen atoms in total. The van der Waals surface area contributed by atoms with E-state index in [0.29, 0.717) is 19.3 Å². The molecule has 1 aliphatic rings. The Kier molecular flexibility index (Phi) is 34.2. The Morgan fingerprint density at radius 2 is 0.917 bits per heavy atom. The van der Waals surface area contributed by atoms with Crippen molar-refractivity contribution in [2.24, 2.45) is 0 Å². The second-order valence-corrected chi connectivity index (χ2v) is 17.7. The Bertz CT molecular complexity index is 1190. The van der Waals surface area contributed by atoms with Gasteiger partial charge in [-0.1, -0.05) is 166 Å². The molecular weight excluding hydrogens is 791 g/mol. The predicted octanol–water partition coefficient (Wildman–Crippen LogP) is 9.00. The third-order valence-corrected chi connectivity index (χ3v) is 11.7. The molecule has 6 unspecified atom stereocenters. The zero-order chi connectivity index (χ0) is 44.3. The number of phosphoric ester groups is 1. The fourth-order valence-electron chi connectivity index (χ4n) is 6.95. The smallest absolute Gasteiger partial charge is 0.462 e. The maximum absolute atomic E-state index is 12.8. The molecule has 350 valence electrons. The van der Waals surface area contributed by atoms with E-state index in [1.54, 1.807) is 0 Å². The van der Waals surface area contributed by atoms with E-state index in [4.69, 9.17) is 18.5 Å². The third kappa shape index (κ3) is 28.6. The van der Waals surface area contributed by atoms with E-state index in [1.165, 1.54) is 96.3 Å². The number of unbranched alkanes of at least 4 members (excludes halogenated alkanes) is 20. The molecule has 0 aromatic heterocycles. The van der Waals surface area contributed by atoms with Crippen molar-refractivity contribution >= 4 is 19.8 Å². The number of aliphatic hydroxyl groups is 5. The van der Waals surface area contributed by atoms with Crippen LogP contribution in [0.5, 0.6) is 0 Å². The highest BCUT2D eigenvalue weighted by Gasteiger charge is 2.51. The number of ether oxygens (including phenoxy) is 2. The summed E-state index contributed by atoms with van der Waals surface area (Å²) in [5.41, 5.74) is 0. The average Bonchev–Trinajstić information content (AvgIpc) is 3.23. The van der Waals surface area contributed by atoms with Gasteiger partial charge in [0, 0.05) is 12.8 Å². The molecule has 1 aliphatic carbocycles. The van der Waals surface area contributed by atoms with E-state index in [-0.39, 0.29) is 12.8 Å². The predicted molar refractivity (Wildman–Crippen MR) is 235 cm³/mol. The van der Waals surface area contributed by atoms with E-state index < -0.39 is 75.7 Å². The van der Waals surface area contributed by atoms with Crippen molar-refractivity contribution in [3.05, 3.63) is 36.5 Å². The minimum absolute atomic E-state index is 0.0891. The minimum atomic E-state index is -5.13. The van der Waals surface area contributed by atoms with Gasteiger partial charge in [-0.3, -0.25) is 18.6 Å².